The molecule has 0 N–H and O–H groups in total. The van der Waals surface area contributed by atoms with Gasteiger partial charge >= 0.3 is 138 Å². The monoisotopic (exact) mass is 658 g/mol. The van der Waals surface area contributed by atoms with E-state index in [0.29, 0.717) is 0 Å². The van der Waals surface area contributed by atoms with E-state index >= 15 is 0 Å². The van der Waals surface area contributed by atoms with Crippen molar-refractivity contribution in [1.29, 1.82) is 0 Å². The van der Waals surface area contributed by atoms with E-state index in [4.69, 9.17) is 15.0 Å². The Kier molecular flexibility index (Phi) is 12.0. The molecular weight excluding hydrogens is 642 g/mol. The number of carbonyl (C=O) groups excluding carboxylic acids is 1. The van der Waals surface area contributed by atoms with E-state index < -0.39 is 6.16 Å². The van der Waals surface area contributed by atoms with Crippen LogP contribution in [0.5, 0.6) is 0 Å². The van der Waals surface area contributed by atoms with E-state index in [9.17, 15) is 0 Å². The third-order valence-electron chi connectivity index (χ3n) is 4.79. The average Bonchev–Trinajstić information content (AvgIpc) is 2.79. The van der Waals surface area contributed by atoms with Gasteiger partial charge in [-0.3, -0.25) is 9.97 Å². The van der Waals surface area contributed by atoms with Crippen molar-refractivity contribution in [2.45, 2.75) is 0 Å². The Bertz CT molecular complexity index is 1230. The molecule has 0 amide bonds. The molecule has 0 fully saturated rings. The molecule has 0 spiro atoms. The molecule has 5 aromatic rings. The number of carboxylic acid groups (broad SMARTS) is 2. The Morgan fingerprint density at radius 3 is 1.25 bits per heavy atom. The maximum Gasteiger partial charge on any atom is 1.00 e. The predicted octanol–water partition coefficient (Wildman–Crippen LogP) is -2.32. The van der Waals surface area contributed by atoms with Crippen molar-refractivity contribution in [3.63, 3.8) is 0 Å². The Labute approximate surface area is 303 Å². The molecule has 0 aliphatic rings. The first kappa shape index (κ1) is 28.1. The standard InChI is InChI=1S/C24H16N2.CH2O3.2Cs/c1-3-7-17(8-4-1)19-13-15-25-23-21(19)11-12-22-20(14-16-26-24(22)23)18-9-5-2-6-10-18;2-1(3)4;;/h1-16H;(H2,2,3,4);;/q;;2*+1/p-2. The number of hydrogen-bond donors (Lipinski definition) is 0. The van der Waals surface area contributed by atoms with Gasteiger partial charge in [-0.05, 0) is 40.5 Å². The number of hydrogen-bond acceptors (Lipinski definition) is 5. The SMILES string of the molecule is O=C([O-])[O-].[Cs+].[Cs+].c1ccc(-c2ccnc3c2ccc2c(-c4ccccc4)ccnc23)cc1. The van der Waals surface area contributed by atoms with Crippen LogP contribution in [0.25, 0.3) is 44.1 Å². The number of fused-ring (bicyclic) bond motifs is 3. The van der Waals surface area contributed by atoms with Crippen LogP contribution in [-0.4, -0.2) is 16.1 Å². The normalized spacial score (nSPS) is 9.75. The minimum atomic E-state index is -2.33. The fourth-order valence-corrected chi connectivity index (χ4v) is 3.57. The topological polar surface area (TPSA) is 89.0 Å². The zero-order valence-electron chi connectivity index (χ0n) is 17.9. The van der Waals surface area contributed by atoms with Crippen LogP contribution in [0.1, 0.15) is 0 Å². The van der Waals surface area contributed by atoms with Gasteiger partial charge < -0.3 is 15.0 Å². The minimum Gasteiger partial charge on any atom is -0.652 e. The molecule has 7 heteroatoms. The first-order chi connectivity index (χ1) is 14.6. The van der Waals surface area contributed by atoms with Crippen LogP contribution in [0, 0.1) is 0 Å². The predicted molar refractivity (Wildman–Crippen MR) is 113 cm³/mol. The Morgan fingerprint density at radius 2 is 0.906 bits per heavy atom. The molecule has 5 rings (SSSR count). The molecule has 5 nitrogen and oxygen atoms in total. The van der Waals surface area contributed by atoms with Crippen LogP contribution in [0.2, 0.25) is 0 Å². The van der Waals surface area contributed by atoms with Crippen LogP contribution >= 0.6 is 0 Å². The molecule has 0 atom stereocenters. The van der Waals surface area contributed by atoms with Gasteiger partial charge in [0, 0.05) is 23.2 Å². The summed E-state index contributed by atoms with van der Waals surface area (Å²) in [4.78, 5) is 17.7. The van der Waals surface area contributed by atoms with Crippen LogP contribution in [0.15, 0.2) is 97.3 Å². The number of benzene rings is 3. The van der Waals surface area contributed by atoms with E-state index in [1.54, 1.807) is 0 Å². The molecule has 0 aliphatic carbocycles. The molecule has 0 radical (unpaired) electrons. The second-order valence-electron chi connectivity index (χ2n) is 6.56. The molecule has 3 aromatic carbocycles. The van der Waals surface area contributed by atoms with Crippen molar-refractivity contribution < 1.29 is 153 Å². The zero-order valence-corrected chi connectivity index (χ0v) is 30.4. The summed E-state index contributed by atoms with van der Waals surface area (Å²) in [5, 5.41) is 18.9. The van der Waals surface area contributed by atoms with E-state index in [0.717, 1.165) is 21.8 Å². The summed E-state index contributed by atoms with van der Waals surface area (Å²) < 4.78 is 0. The van der Waals surface area contributed by atoms with Gasteiger partial charge in [-0.1, -0.05) is 72.8 Å². The number of pyridine rings is 2. The smallest absolute Gasteiger partial charge is 0.652 e. The van der Waals surface area contributed by atoms with Crippen LogP contribution in [0.3, 0.4) is 0 Å². The van der Waals surface area contributed by atoms with Gasteiger partial charge in [-0.25, -0.2) is 0 Å². The van der Waals surface area contributed by atoms with Crippen LogP contribution in [-0.2, 0) is 0 Å². The van der Waals surface area contributed by atoms with E-state index in [2.05, 4.69) is 82.8 Å². The molecule has 0 bridgehead atoms. The number of rotatable bonds is 2. The van der Waals surface area contributed by atoms with Gasteiger partial charge in [0.05, 0.1) is 11.0 Å². The van der Waals surface area contributed by atoms with Gasteiger partial charge in [-0.15, -0.1) is 0 Å². The first-order valence-electron chi connectivity index (χ1n) is 9.30. The van der Waals surface area contributed by atoms with Crippen LogP contribution < -0.4 is 148 Å². The van der Waals surface area contributed by atoms with Crippen molar-refractivity contribution in [2.24, 2.45) is 0 Å². The van der Waals surface area contributed by atoms with E-state index in [1.807, 2.05) is 24.5 Å². The zero-order chi connectivity index (χ0) is 20.9. The molecule has 2 heterocycles. The van der Waals surface area contributed by atoms with E-state index in [-0.39, 0.29) is 138 Å². The summed E-state index contributed by atoms with van der Waals surface area (Å²) >= 11 is 0. The largest absolute Gasteiger partial charge is 1.00 e. The summed E-state index contributed by atoms with van der Waals surface area (Å²) in [6.07, 6.45) is 1.42. The van der Waals surface area contributed by atoms with Gasteiger partial charge in [0.2, 0.25) is 0 Å². The second-order valence-corrected chi connectivity index (χ2v) is 6.56. The molecule has 146 valence electrons. The van der Waals surface area contributed by atoms with Crippen molar-refractivity contribution in [2.75, 3.05) is 0 Å². The molecule has 2 aromatic heterocycles. The summed E-state index contributed by atoms with van der Waals surface area (Å²) in [6.45, 7) is 0. The molecule has 0 aliphatic heterocycles. The summed E-state index contributed by atoms with van der Waals surface area (Å²) in [7, 11) is 0. The van der Waals surface area contributed by atoms with Gasteiger partial charge in [0.25, 0.3) is 0 Å². The molecule has 32 heavy (non-hydrogen) atoms. The molecular formula is C25H16Cs2N2O3. The maximum absolute atomic E-state index is 8.33. The number of aromatic nitrogens is 2. The molecule has 0 saturated carbocycles. The van der Waals surface area contributed by atoms with Crippen molar-refractivity contribution in [3.8, 4) is 22.3 Å². The Morgan fingerprint density at radius 1 is 0.562 bits per heavy atom. The van der Waals surface area contributed by atoms with Crippen molar-refractivity contribution in [1.82, 2.24) is 9.97 Å². The third-order valence-corrected chi connectivity index (χ3v) is 4.79. The van der Waals surface area contributed by atoms with Crippen molar-refractivity contribution >= 4 is 28.0 Å². The summed E-state index contributed by atoms with van der Waals surface area (Å²) in [5.74, 6) is 0. The Hall–Kier alpha value is -0.146. The third kappa shape index (κ3) is 6.71. The van der Waals surface area contributed by atoms with Gasteiger partial charge in [-0.2, -0.15) is 0 Å². The fourth-order valence-electron chi connectivity index (χ4n) is 3.57. The maximum atomic E-state index is 8.33. The quantitative estimate of drug-likeness (QED) is 0.199. The molecule has 0 saturated heterocycles. The molecule has 0 unspecified atom stereocenters. The van der Waals surface area contributed by atoms with Gasteiger partial charge in [0.1, 0.15) is 0 Å². The average molecular weight is 658 g/mol. The number of carbonyl (C=O) groups is 1. The van der Waals surface area contributed by atoms with E-state index in [1.165, 1.54) is 22.3 Å². The first-order valence-corrected chi connectivity index (χ1v) is 9.30. The fraction of sp³-hybridized carbons (Fsp3) is 0. The summed E-state index contributed by atoms with van der Waals surface area (Å²) in [6, 6.07) is 29.3. The number of nitrogens with zero attached hydrogens (tertiary/aromatic N) is 2. The summed E-state index contributed by atoms with van der Waals surface area (Å²) in [5.41, 5.74) is 6.65. The second kappa shape index (κ2) is 13.7. The Balaban J connectivity index is 0.000000562. The van der Waals surface area contributed by atoms with Crippen molar-refractivity contribution in [3.05, 3.63) is 97.3 Å². The minimum absolute atomic E-state index is 0. The van der Waals surface area contributed by atoms with Crippen LogP contribution in [0.4, 0.5) is 4.79 Å². The van der Waals surface area contributed by atoms with Gasteiger partial charge in [0.15, 0.2) is 0 Å².